The molecule has 2 atom stereocenters. The summed E-state index contributed by atoms with van der Waals surface area (Å²) < 4.78 is 12.4. The fourth-order valence-corrected chi connectivity index (χ4v) is 4.46. The van der Waals surface area contributed by atoms with E-state index in [4.69, 9.17) is 0 Å². The van der Waals surface area contributed by atoms with Gasteiger partial charge in [-0.2, -0.15) is 0 Å². The lowest BCUT2D eigenvalue weighted by molar-refractivity contribution is 0.230. The van der Waals surface area contributed by atoms with Crippen molar-refractivity contribution in [3.8, 4) is 0 Å². The van der Waals surface area contributed by atoms with Crippen molar-refractivity contribution in [2.45, 2.75) is 29.7 Å². The molecule has 3 heteroatoms. The van der Waals surface area contributed by atoms with E-state index in [1.807, 2.05) is 0 Å². The number of benzene rings is 2. The lowest BCUT2D eigenvalue weighted by atomic mass is 9.82. The van der Waals surface area contributed by atoms with Gasteiger partial charge in [0.25, 0.3) is 0 Å². The molecular weight excluding hydrogens is 293 g/mol. The molecule has 0 aromatic heterocycles. The van der Waals surface area contributed by atoms with Crippen molar-refractivity contribution in [3.05, 3.63) is 65.2 Å². The van der Waals surface area contributed by atoms with Gasteiger partial charge in [0, 0.05) is 23.4 Å². The molecule has 114 valence electrons. The Morgan fingerprint density at radius 2 is 1.82 bits per heavy atom. The summed E-state index contributed by atoms with van der Waals surface area (Å²) in [4.78, 5) is 3.64. The first-order chi connectivity index (χ1) is 10.9. The van der Waals surface area contributed by atoms with Gasteiger partial charge in [-0.3, -0.25) is 4.90 Å². The van der Waals surface area contributed by atoms with Gasteiger partial charge in [-0.15, -0.1) is 0 Å². The molecule has 0 bridgehead atoms. The second-order valence-corrected chi connectivity index (χ2v) is 7.14. The SMILES string of the molecule is FCSc1ccc([C@@H]2CN3CCC[C@@H]3c3ccccc32)cc1. The maximum absolute atomic E-state index is 12.4. The Morgan fingerprint density at radius 3 is 2.59 bits per heavy atom. The minimum atomic E-state index is -0.360. The minimum absolute atomic E-state index is 0.360. The number of nitrogens with zero attached hydrogens (tertiary/aromatic N) is 1. The maximum Gasteiger partial charge on any atom is 0.139 e. The van der Waals surface area contributed by atoms with Crippen LogP contribution >= 0.6 is 11.8 Å². The third-order valence-corrected chi connectivity index (χ3v) is 5.73. The molecule has 0 N–H and O–H groups in total. The Morgan fingerprint density at radius 1 is 1.05 bits per heavy atom. The number of fused-ring (bicyclic) bond motifs is 3. The second-order valence-electron chi connectivity index (χ2n) is 6.16. The normalized spacial score (nSPS) is 24.0. The van der Waals surface area contributed by atoms with Crippen molar-refractivity contribution in [2.75, 3.05) is 19.1 Å². The Hall–Kier alpha value is -1.32. The third kappa shape index (κ3) is 2.46. The van der Waals surface area contributed by atoms with E-state index >= 15 is 0 Å². The molecule has 2 aromatic carbocycles. The van der Waals surface area contributed by atoms with Gasteiger partial charge in [-0.05, 0) is 48.2 Å². The smallest absolute Gasteiger partial charge is 0.139 e. The van der Waals surface area contributed by atoms with Gasteiger partial charge in [0.1, 0.15) is 6.01 Å². The molecular formula is C19H20FNS. The van der Waals surface area contributed by atoms with Crippen LogP contribution in [0, 0.1) is 0 Å². The highest BCUT2D eigenvalue weighted by atomic mass is 32.2. The summed E-state index contributed by atoms with van der Waals surface area (Å²) >= 11 is 1.25. The zero-order valence-corrected chi connectivity index (χ0v) is 13.4. The number of halogens is 1. The number of thioether (sulfide) groups is 1. The molecule has 2 aromatic rings. The van der Waals surface area contributed by atoms with Crippen molar-refractivity contribution in [1.82, 2.24) is 4.90 Å². The van der Waals surface area contributed by atoms with Gasteiger partial charge in [-0.1, -0.05) is 48.2 Å². The van der Waals surface area contributed by atoms with E-state index < -0.39 is 0 Å². The van der Waals surface area contributed by atoms with Gasteiger partial charge in [0.15, 0.2) is 0 Å². The quantitative estimate of drug-likeness (QED) is 0.735. The molecule has 0 aliphatic carbocycles. The molecule has 2 aliphatic rings. The molecule has 0 saturated carbocycles. The molecule has 4 rings (SSSR count). The molecule has 1 saturated heterocycles. The standard InChI is InChI=1S/C19H20FNS/c20-13-22-15-9-7-14(8-10-15)18-12-21-11-3-6-19(21)17-5-2-1-4-16(17)18/h1-2,4-5,7-10,18-19H,3,6,11-13H2/t18-,19+/m0/s1. The van der Waals surface area contributed by atoms with E-state index in [0.717, 1.165) is 11.4 Å². The van der Waals surface area contributed by atoms with E-state index in [9.17, 15) is 4.39 Å². The fraction of sp³-hybridized carbons (Fsp3) is 0.368. The summed E-state index contributed by atoms with van der Waals surface area (Å²) in [5.74, 6) is 0.440. The van der Waals surface area contributed by atoms with Crippen LogP contribution in [-0.2, 0) is 0 Å². The van der Waals surface area contributed by atoms with Crippen molar-refractivity contribution in [2.24, 2.45) is 0 Å². The molecule has 0 radical (unpaired) electrons. The Labute approximate surface area is 135 Å². The van der Waals surface area contributed by atoms with Gasteiger partial charge in [-0.25, -0.2) is 4.39 Å². The zero-order chi connectivity index (χ0) is 14.9. The molecule has 1 nitrogen and oxygen atoms in total. The zero-order valence-electron chi connectivity index (χ0n) is 12.5. The topological polar surface area (TPSA) is 3.24 Å². The largest absolute Gasteiger partial charge is 0.295 e. The summed E-state index contributed by atoms with van der Waals surface area (Å²) in [7, 11) is 0. The number of hydrogen-bond acceptors (Lipinski definition) is 2. The van der Waals surface area contributed by atoms with Crippen molar-refractivity contribution in [1.29, 1.82) is 0 Å². The third-order valence-electron chi connectivity index (χ3n) is 5.01. The monoisotopic (exact) mass is 313 g/mol. The molecule has 0 amide bonds. The summed E-state index contributed by atoms with van der Waals surface area (Å²) in [5, 5.41) is 0. The summed E-state index contributed by atoms with van der Waals surface area (Å²) in [6.45, 7) is 2.32. The average Bonchev–Trinajstić information content (AvgIpc) is 3.04. The minimum Gasteiger partial charge on any atom is -0.295 e. The molecule has 1 fully saturated rings. The first kappa shape index (κ1) is 14.3. The van der Waals surface area contributed by atoms with E-state index in [-0.39, 0.29) is 6.01 Å². The summed E-state index contributed by atoms with van der Waals surface area (Å²) in [6.07, 6.45) is 2.59. The van der Waals surface area contributed by atoms with Crippen LogP contribution in [0.4, 0.5) is 4.39 Å². The second kappa shape index (κ2) is 6.05. The van der Waals surface area contributed by atoms with E-state index in [2.05, 4.69) is 53.4 Å². The molecule has 22 heavy (non-hydrogen) atoms. The molecule has 0 spiro atoms. The van der Waals surface area contributed by atoms with Crippen LogP contribution in [0.3, 0.4) is 0 Å². The van der Waals surface area contributed by atoms with E-state index in [1.54, 1.807) is 0 Å². The van der Waals surface area contributed by atoms with Gasteiger partial charge in [0.2, 0.25) is 0 Å². The van der Waals surface area contributed by atoms with Crippen LogP contribution in [0.25, 0.3) is 0 Å². The molecule has 0 unspecified atom stereocenters. The van der Waals surface area contributed by atoms with Crippen LogP contribution < -0.4 is 0 Å². The first-order valence-corrected chi connectivity index (χ1v) is 8.97. The van der Waals surface area contributed by atoms with Gasteiger partial charge >= 0.3 is 0 Å². The maximum atomic E-state index is 12.4. The van der Waals surface area contributed by atoms with Crippen molar-refractivity contribution in [3.63, 3.8) is 0 Å². The Kier molecular flexibility index (Phi) is 3.93. The van der Waals surface area contributed by atoms with Gasteiger partial charge < -0.3 is 0 Å². The van der Waals surface area contributed by atoms with Crippen LogP contribution in [0.15, 0.2) is 53.4 Å². The number of alkyl halides is 1. The van der Waals surface area contributed by atoms with E-state index in [0.29, 0.717) is 12.0 Å². The fourth-order valence-electron chi connectivity index (χ4n) is 4.01. The van der Waals surface area contributed by atoms with Crippen molar-refractivity contribution >= 4 is 11.8 Å². The number of rotatable bonds is 3. The van der Waals surface area contributed by atoms with Crippen LogP contribution in [0.5, 0.6) is 0 Å². The Balaban J connectivity index is 1.71. The predicted molar refractivity (Wildman–Crippen MR) is 90.1 cm³/mol. The summed E-state index contributed by atoms with van der Waals surface area (Å²) in [6, 6.07) is 17.6. The first-order valence-electron chi connectivity index (χ1n) is 7.98. The van der Waals surface area contributed by atoms with Gasteiger partial charge in [0.05, 0.1) is 0 Å². The lowest BCUT2D eigenvalue weighted by Gasteiger charge is -2.37. The lowest BCUT2D eigenvalue weighted by Crippen LogP contribution is -2.34. The van der Waals surface area contributed by atoms with E-state index in [1.165, 1.54) is 47.8 Å². The highest BCUT2D eigenvalue weighted by molar-refractivity contribution is 7.99. The summed E-state index contributed by atoms with van der Waals surface area (Å²) in [5.41, 5.74) is 4.34. The average molecular weight is 313 g/mol. The van der Waals surface area contributed by atoms with Crippen LogP contribution in [0.1, 0.15) is 41.5 Å². The molecule has 2 aliphatic heterocycles. The highest BCUT2D eigenvalue weighted by Crippen LogP contribution is 2.44. The van der Waals surface area contributed by atoms with Crippen LogP contribution in [-0.4, -0.2) is 24.0 Å². The Bertz CT molecular complexity index is 655. The highest BCUT2D eigenvalue weighted by Gasteiger charge is 2.35. The van der Waals surface area contributed by atoms with Crippen LogP contribution in [0.2, 0.25) is 0 Å². The number of hydrogen-bond donors (Lipinski definition) is 0. The predicted octanol–water partition coefficient (Wildman–Crippen LogP) is 4.99. The molecule has 2 heterocycles. The van der Waals surface area contributed by atoms with Crippen molar-refractivity contribution < 1.29 is 4.39 Å².